The molecule has 1 aliphatic carbocycles. The van der Waals surface area contributed by atoms with Gasteiger partial charge in [-0.3, -0.25) is 19.7 Å². The Labute approximate surface area is 179 Å². The zero-order valence-electron chi connectivity index (χ0n) is 17.6. The molecule has 0 aromatic heterocycles. The third-order valence-electron chi connectivity index (χ3n) is 6.20. The van der Waals surface area contributed by atoms with Crippen LogP contribution in [0.5, 0.6) is 0 Å². The average Bonchev–Trinajstić information content (AvgIpc) is 2.78. The van der Waals surface area contributed by atoms with Gasteiger partial charge in [-0.25, -0.2) is 0 Å². The molecule has 0 spiro atoms. The van der Waals surface area contributed by atoms with Crippen LogP contribution in [0.15, 0.2) is 54.6 Å². The molecule has 0 radical (unpaired) electrons. The Morgan fingerprint density at radius 1 is 1.00 bits per heavy atom. The van der Waals surface area contributed by atoms with Gasteiger partial charge in [-0.05, 0) is 24.5 Å². The lowest BCUT2D eigenvalue weighted by Gasteiger charge is -2.46. The molecule has 31 heavy (non-hydrogen) atoms. The van der Waals surface area contributed by atoms with E-state index in [4.69, 9.17) is 9.47 Å². The normalized spacial score (nSPS) is 24.8. The van der Waals surface area contributed by atoms with Crippen LogP contribution in [0.1, 0.15) is 34.9 Å². The lowest BCUT2D eigenvalue weighted by molar-refractivity contribution is -0.538. The Kier molecular flexibility index (Phi) is 6.40. The first-order valence-electron chi connectivity index (χ1n) is 9.88. The Bertz CT molecular complexity index is 942. The number of hydrogen-bond donors (Lipinski definition) is 1. The maximum atomic E-state index is 13.0. The summed E-state index contributed by atoms with van der Waals surface area (Å²) in [7, 11) is 2.16. The highest BCUT2D eigenvalue weighted by molar-refractivity contribution is 6.02. The fourth-order valence-corrected chi connectivity index (χ4v) is 4.76. The van der Waals surface area contributed by atoms with Crippen molar-refractivity contribution < 1.29 is 29.1 Å². The van der Waals surface area contributed by atoms with Crippen molar-refractivity contribution in [3.63, 3.8) is 0 Å². The van der Waals surface area contributed by atoms with E-state index < -0.39 is 46.3 Å². The van der Waals surface area contributed by atoms with Crippen molar-refractivity contribution in [1.82, 2.24) is 0 Å². The van der Waals surface area contributed by atoms with Gasteiger partial charge in [-0.1, -0.05) is 60.2 Å². The number of aliphatic hydroxyl groups is 1. The molecule has 0 unspecified atom stereocenters. The van der Waals surface area contributed by atoms with Crippen molar-refractivity contribution >= 4 is 11.9 Å². The maximum absolute atomic E-state index is 13.0. The first-order valence-corrected chi connectivity index (χ1v) is 9.88. The number of nitro groups is 1. The molecule has 4 atom stereocenters. The van der Waals surface area contributed by atoms with E-state index in [2.05, 4.69) is 0 Å². The monoisotopic (exact) mass is 427 g/mol. The van der Waals surface area contributed by atoms with Gasteiger partial charge in [-0.15, -0.1) is 0 Å². The van der Waals surface area contributed by atoms with Crippen molar-refractivity contribution in [1.29, 1.82) is 0 Å². The topological polar surface area (TPSA) is 116 Å². The summed E-state index contributed by atoms with van der Waals surface area (Å²) in [5.41, 5.74) is -0.272. The van der Waals surface area contributed by atoms with E-state index in [1.807, 2.05) is 19.1 Å². The number of carbonyl (C=O) groups excluding carboxylic acids is 2. The van der Waals surface area contributed by atoms with Gasteiger partial charge in [0.15, 0.2) is 0 Å². The van der Waals surface area contributed by atoms with E-state index in [1.165, 1.54) is 0 Å². The van der Waals surface area contributed by atoms with Crippen LogP contribution in [-0.2, 0) is 19.1 Å². The Morgan fingerprint density at radius 3 is 2.03 bits per heavy atom. The van der Waals surface area contributed by atoms with Gasteiger partial charge in [-0.2, -0.15) is 0 Å². The van der Waals surface area contributed by atoms with E-state index in [1.54, 1.807) is 42.5 Å². The lowest BCUT2D eigenvalue weighted by atomic mass is 9.56. The molecule has 2 aromatic carbocycles. The predicted octanol–water partition coefficient (Wildman–Crippen LogP) is 2.60. The summed E-state index contributed by atoms with van der Waals surface area (Å²) in [6.07, 6.45) is -1.73. The molecule has 164 valence electrons. The molecular weight excluding hydrogens is 402 g/mol. The molecule has 2 aromatic rings. The molecule has 1 fully saturated rings. The Balaban J connectivity index is 2.31. The minimum Gasteiger partial charge on any atom is -0.468 e. The van der Waals surface area contributed by atoms with E-state index in [9.17, 15) is 24.8 Å². The molecule has 1 N–H and O–H groups in total. The molecule has 0 heterocycles. The van der Waals surface area contributed by atoms with Gasteiger partial charge in [0.1, 0.15) is 0 Å². The summed E-state index contributed by atoms with van der Waals surface area (Å²) in [4.78, 5) is 38.0. The average molecular weight is 427 g/mol. The van der Waals surface area contributed by atoms with E-state index in [-0.39, 0.29) is 6.42 Å². The molecule has 0 bridgehead atoms. The molecule has 3 rings (SSSR count). The predicted molar refractivity (Wildman–Crippen MR) is 111 cm³/mol. The summed E-state index contributed by atoms with van der Waals surface area (Å²) >= 11 is 0. The second-order valence-electron chi connectivity index (χ2n) is 7.79. The van der Waals surface area contributed by atoms with E-state index >= 15 is 0 Å². The zero-order valence-corrected chi connectivity index (χ0v) is 17.6. The molecule has 0 saturated heterocycles. The molecule has 1 aliphatic rings. The van der Waals surface area contributed by atoms with Crippen LogP contribution in [-0.4, -0.2) is 48.3 Å². The number of aryl methyl sites for hydroxylation is 1. The number of rotatable bonds is 5. The standard InChI is InChI=1S/C23H25NO7/c1-14-9-11-15(12-10-14)17-13-18(25)23(21(26)30-2,22(27)31-3)19(20(17)24(28)29)16-7-5-4-6-8-16/h4-12,17-20,25H,13H2,1-3H3/t17-,18+,19+,20+/m1/s1. The van der Waals surface area contributed by atoms with Crippen LogP contribution in [0, 0.1) is 22.5 Å². The minimum atomic E-state index is -2.27. The summed E-state index contributed by atoms with van der Waals surface area (Å²) in [5.74, 6) is -4.17. The summed E-state index contributed by atoms with van der Waals surface area (Å²) < 4.78 is 9.80. The molecule has 0 aliphatic heterocycles. The van der Waals surface area contributed by atoms with Gasteiger partial charge in [0.25, 0.3) is 0 Å². The Morgan fingerprint density at radius 2 is 1.55 bits per heavy atom. The second-order valence-corrected chi connectivity index (χ2v) is 7.79. The quantitative estimate of drug-likeness (QED) is 0.337. The smallest absolute Gasteiger partial charge is 0.326 e. The highest BCUT2D eigenvalue weighted by Gasteiger charge is 2.69. The van der Waals surface area contributed by atoms with Crippen molar-refractivity contribution in [3.05, 3.63) is 81.4 Å². The lowest BCUT2D eigenvalue weighted by Crippen LogP contribution is -2.62. The van der Waals surface area contributed by atoms with E-state index in [0.717, 1.165) is 19.8 Å². The maximum Gasteiger partial charge on any atom is 0.326 e. The van der Waals surface area contributed by atoms with Crippen LogP contribution < -0.4 is 0 Å². The van der Waals surface area contributed by atoms with E-state index in [0.29, 0.717) is 11.1 Å². The number of benzene rings is 2. The van der Waals surface area contributed by atoms with Gasteiger partial charge >= 0.3 is 11.9 Å². The number of hydrogen-bond acceptors (Lipinski definition) is 7. The molecule has 8 heteroatoms. The summed E-state index contributed by atoms with van der Waals surface area (Å²) in [6, 6.07) is 14.1. The van der Waals surface area contributed by atoms with Crippen molar-refractivity contribution in [2.75, 3.05) is 14.2 Å². The first-order chi connectivity index (χ1) is 14.8. The first kappa shape index (κ1) is 22.4. The number of carbonyl (C=O) groups is 2. The van der Waals surface area contributed by atoms with Crippen LogP contribution in [0.4, 0.5) is 0 Å². The van der Waals surface area contributed by atoms with Crippen molar-refractivity contribution in [2.45, 2.75) is 37.3 Å². The number of ether oxygens (including phenoxy) is 2. The molecule has 0 amide bonds. The second kappa shape index (κ2) is 8.85. The number of methoxy groups -OCH3 is 2. The number of nitrogens with zero attached hydrogens (tertiary/aromatic N) is 1. The van der Waals surface area contributed by atoms with Gasteiger partial charge in [0, 0.05) is 4.92 Å². The highest BCUT2D eigenvalue weighted by atomic mass is 16.6. The largest absolute Gasteiger partial charge is 0.468 e. The van der Waals surface area contributed by atoms with Crippen LogP contribution >= 0.6 is 0 Å². The third kappa shape index (κ3) is 3.67. The van der Waals surface area contributed by atoms with Crippen molar-refractivity contribution in [3.8, 4) is 0 Å². The summed E-state index contributed by atoms with van der Waals surface area (Å²) in [6.45, 7) is 1.90. The van der Waals surface area contributed by atoms with Crippen molar-refractivity contribution in [2.24, 2.45) is 5.41 Å². The third-order valence-corrected chi connectivity index (χ3v) is 6.20. The van der Waals surface area contributed by atoms with Crippen LogP contribution in [0.3, 0.4) is 0 Å². The van der Waals surface area contributed by atoms with Gasteiger partial charge in [0.2, 0.25) is 11.5 Å². The highest BCUT2D eigenvalue weighted by Crippen LogP contribution is 2.54. The van der Waals surface area contributed by atoms with Crippen LogP contribution in [0.2, 0.25) is 0 Å². The fourth-order valence-electron chi connectivity index (χ4n) is 4.76. The Hall–Kier alpha value is -3.26. The summed E-state index contributed by atoms with van der Waals surface area (Å²) in [5, 5.41) is 23.6. The fraction of sp³-hybridized carbons (Fsp3) is 0.391. The number of esters is 2. The minimum absolute atomic E-state index is 0.178. The SMILES string of the molecule is COC(=O)C1(C(=O)OC)[C@@H](O)C[C@H](c2ccc(C)cc2)[C@H]([N+](=O)[O-])[C@@H]1c1ccccc1. The van der Waals surface area contributed by atoms with Crippen LogP contribution in [0.25, 0.3) is 0 Å². The van der Waals surface area contributed by atoms with Gasteiger partial charge in [0.05, 0.1) is 32.2 Å². The zero-order chi connectivity index (χ0) is 22.8. The van der Waals surface area contributed by atoms with Gasteiger partial charge < -0.3 is 14.6 Å². The molecule has 8 nitrogen and oxygen atoms in total. The molecule has 1 saturated carbocycles. The number of aliphatic hydroxyl groups excluding tert-OH is 1. The molecular formula is C23H25NO7.